The Morgan fingerprint density at radius 1 is 1.26 bits per heavy atom. The van der Waals surface area contributed by atoms with Crippen LogP contribution >= 0.6 is 0 Å². The first kappa shape index (κ1) is 17.0. The predicted molar refractivity (Wildman–Crippen MR) is 85.3 cm³/mol. The first-order valence-electron chi connectivity index (χ1n) is 8.56. The quantitative estimate of drug-likeness (QED) is 0.664. The van der Waals surface area contributed by atoms with Crippen molar-refractivity contribution in [1.82, 2.24) is 5.32 Å². The lowest BCUT2D eigenvalue weighted by Crippen LogP contribution is -2.44. The number of nitrogens with two attached hydrogens (primary N) is 1. The van der Waals surface area contributed by atoms with Gasteiger partial charge < -0.3 is 11.1 Å². The Balaban J connectivity index is 2.28. The lowest BCUT2D eigenvalue weighted by atomic mass is 9.71. The van der Waals surface area contributed by atoms with Gasteiger partial charge in [0.1, 0.15) is 0 Å². The third-order valence-corrected chi connectivity index (χ3v) is 5.24. The van der Waals surface area contributed by atoms with E-state index in [4.69, 9.17) is 5.73 Å². The molecule has 2 heteroatoms. The van der Waals surface area contributed by atoms with Gasteiger partial charge in [0, 0.05) is 6.54 Å². The summed E-state index contributed by atoms with van der Waals surface area (Å²) in [6.45, 7) is 10.2. The predicted octanol–water partition coefficient (Wildman–Crippen LogP) is 3.95. The van der Waals surface area contributed by atoms with E-state index in [0.717, 1.165) is 24.9 Å². The van der Waals surface area contributed by atoms with Crippen LogP contribution in [0.25, 0.3) is 0 Å². The molecule has 0 radical (unpaired) electrons. The molecule has 0 aliphatic heterocycles. The highest BCUT2D eigenvalue weighted by Crippen LogP contribution is 2.37. The zero-order chi connectivity index (χ0) is 14.1. The fourth-order valence-electron chi connectivity index (χ4n) is 3.31. The topological polar surface area (TPSA) is 38.0 Å². The molecule has 19 heavy (non-hydrogen) atoms. The van der Waals surface area contributed by atoms with Gasteiger partial charge in [-0.05, 0) is 49.6 Å². The zero-order valence-corrected chi connectivity index (χ0v) is 13.5. The minimum Gasteiger partial charge on any atom is -0.330 e. The zero-order valence-electron chi connectivity index (χ0n) is 13.5. The van der Waals surface area contributed by atoms with Crippen LogP contribution in [0.15, 0.2) is 0 Å². The van der Waals surface area contributed by atoms with Crippen molar-refractivity contribution in [3.8, 4) is 0 Å². The molecular weight excluding hydrogens is 232 g/mol. The van der Waals surface area contributed by atoms with Crippen LogP contribution in [0.1, 0.15) is 72.1 Å². The molecule has 2 nitrogen and oxygen atoms in total. The third-order valence-electron chi connectivity index (χ3n) is 5.24. The SMILES string of the molecule is CCCCC(CC)CNCC1(CN)CCC(C)CC1. The van der Waals surface area contributed by atoms with Gasteiger partial charge in [0.15, 0.2) is 0 Å². The van der Waals surface area contributed by atoms with Gasteiger partial charge in [-0.2, -0.15) is 0 Å². The maximum Gasteiger partial charge on any atom is 0.00200 e. The van der Waals surface area contributed by atoms with Crippen molar-refractivity contribution in [2.75, 3.05) is 19.6 Å². The van der Waals surface area contributed by atoms with Gasteiger partial charge in [-0.25, -0.2) is 0 Å². The van der Waals surface area contributed by atoms with Crippen molar-refractivity contribution in [3.63, 3.8) is 0 Å². The average molecular weight is 268 g/mol. The van der Waals surface area contributed by atoms with Gasteiger partial charge in [0.25, 0.3) is 0 Å². The number of rotatable bonds is 9. The van der Waals surface area contributed by atoms with E-state index in [1.165, 1.54) is 57.9 Å². The summed E-state index contributed by atoms with van der Waals surface area (Å²) in [7, 11) is 0. The molecule has 1 unspecified atom stereocenters. The first-order chi connectivity index (χ1) is 9.15. The summed E-state index contributed by atoms with van der Waals surface area (Å²) in [6, 6.07) is 0. The summed E-state index contributed by atoms with van der Waals surface area (Å²) in [5.74, 6) is 1.77. The smallest absolute Gasteiger partial charge is 0.00200 e. The van der Waals surface area contributed by atoms with Crippen LogP contribution in [0.3, 0.4) is 0 Å². The standard InChI is InChI=1S/C17H36N2/c1-4-6-7-16(5-2)12-19-14-17(13-18)10-8-15(3)9-11-17/h15-16,19H,4-14,18H2,1-3H3. The van der Waals surface area contributed by atoms with Gasteiger partial charge in [-0.1, -0.05) is 52.9 Å². The average Bonchev–Trinajstić information content (AvgIpc) is 2.45. The Kier molecular flexibility index (Phi) is 8.01. The number of nitrogens with one attached hydrogen (secondary N) is 1. The second kappa shape index (κ2) is 8.97. The molecular formula is C17H36N2. The molecule has 1 atom stereocenters. The van der Waals surface area contributed by atoms with Crippen molar-refractivity contribution in [2.45, 2.75) is 72.1 Å². The molecule has 1 saturated carbocycles. The molecule has 114 valence electrons. The van der Waals surface area contributed by atoms with Gasteiger partial charge in [-0.15, -0.1) is 0 Å². The van der Waals surface area contributed by atoms with Gasteiger partial charge in [0.05, 0.1) is 0 Å². The molecule has 3 N–H and O–H groups in total. The van der Waals surface area contributed by atoms with Gasteiger partial charge in [-0.3, -0.25) is 0 Å². The fraction of sp³-hybridized carbons (Fsp3) is 1.00. The van der Waals surface area contributed by atoms with Crippen molar-refractivity contribution < 1.29 is 0 Å². The van der Waals surface area contributed by atoms with Crippen LogP contribution in [-0.2, 0) is 0 Å². The van der Waals surface area contributed by atoms with E-state index >= 15 is 0 Å². The first-order valence-corrected chi connectivity index (χ1v) is 8.56. The molecule has 1 fully saturated rings. The molecule has 0 amide bonds. The molecule has 1 aliphatic carbocycles. The van der Waals surface area contributed by atoms with E-state index in [1.807, 2.05) is 0 Å². The number of hydrogen-bond acceptors (Lipinski definition) is 2. The third kappa shape index (κ3) is 5.83. The minimum atomic E-state index is 0.398. The van der Waals surface area contributed by atoms with Crippen molar-refractivity contribution in [2.24, 2.45) is 23.0 Å². The Bertz CT molecular complexity index is 219. The summed E-state index contributed by atoms with van der Waals surface area (Å²) in [5, 5.41) is 3.74. The Hall–Kier alpha value is -0.0800. The highest BCUT2D eigenvalue weighted by molar-refractivity contribution is 4.87. The second-order valence-corrected chi connectivity index (χ2v) is 6.93. The fourth-order valence-corrected chi connectivity index (χ4v) is 3.31. The normalized spacial score (nSPS) is 29.4. The van der Waals surface area contributed by atoms with E-state index in [1.54, 1.807) is 0 Å². The molecule has 0 saturated heterocycles. The molecule has 1 rings (SSSR count). The summed E-state index contributed by atoms with van der Waals surface area (Å²) < 4.78 is 0. The van der Waals surface area contributed by atoms with E-state index in [9.17, 15) is 0 Å². The Morgan fingerprint density at radius 3 is 2.47 bits per heavy atom. The van der Waals surface area contributed by atoms with E-state index in [0.29, 0.717) is 5.41 Å². The summed E-state index contributed by atoms with van der Waals surface area (Å²) in [5.41, 5.74) is 6.47. The second-order valence-electron chi connectivity index (χ2n) is 6.93. The van der Waals surface area contributed by atoms with E-state index < -0.39 is 0 Å². The summed E-state index contributed by atoms with van der Waals surface area (Å²) >= 11 is 0. The molecule has 0 aromatic rings. The van der Waals surface area contributed by atoms with Crippen molar-refractivity contribution >= 4 is 0 Å². The van der Waals surface area contributed by atoms with Crippen molar-refractivity contribution in [1.29, 1.82) is 0 Å². The number of hydrogen-bond donors (Lipinski definition) is 2. The van der Waals surface area contributed by atoms with Crippen LogP contribution in [0, 0.1) is 17.3 Å². The minimum absolute atomic E-state index is 0.398. The van der Waals surface area contributed by atoms with Crippen molar-refractivity contribution in [3.05, 3.63) is 0 Å². The molecule has 0 aromatic heterocycles. The highest BCUT2D eigenvalue weighted by atomic mass is 14.9. The van der Waals surface area contributed by atoms with Crippen LogP contribution in [0.4, 0.5) is 0 Å². The molecule has 0 aromatic carbocycles. The molecule has 0 bridgehead atoms. The van der Waals surface area contributed by atoms with Gasteiger partial charge >= 0.3 is 0 Å². The highest BCUT2D eigenvalue weighted by Gasteiger charge is 2.32. The summed E-state index contributed by atoms with van der Waals surface area (Å²) in [4.78, 5) is 0. The maximum atomic E-state index is 6.07. The molecule has 1 aliphatic rings. The lowest BCUT2D eigenvalue weighted by Gasteiger charge is -2.39. The summed E-state index contributed by atoms with van der Waals surface area (Å²) in [6.07, 6.45) is 10.8. The van der Waals surface area contributed by atoms with Gasteiger partial charge in [0.2, 0.25) is 0 Å². The van der Waals surface area contributed by atoms with E-state index in [-0.39, 0.29) is 0 Å². The van der Waals surface area contributed by atoms with Crippen LogP contribution < -0.4 is 11.1 Å². The molecule has 0 heterocycles. The largest absolute Gasteiger partial charge is 0.330 e. The Morgan fingerprint density at radius 2 is 1.95 bits per heavy atom. The molecule has 0 spiro atoms. The van der Waals surface area contributed by atoms with Crippen LogP contribution in [0.2, 0.25) is 0 Å². The maximum absolute atomic E-state index is 6.07. The lowest BCUT2D eigenvalue weighted by molar-refractivity contribution is 0.157. The van der Waals surface area contributed by atoms with Crippen LogP contribution in [-0.4, -0.2) is 19.6 Å². The number of unbranched alkanes of at least 4 members (excludes halogenated alkanes) is 1. The van der Waals surface area contributed by atoms with E-state index in [2.05, 4.69) is 26.1 Å². The van der Waals surface area contributed by atoms with Crippen LogP contribution in [0.5, 0.6) is 0 Å². The Labute approximate surface area is 120 Å². The monoisotopic (exact) mass is 268 g/mol.